The van der Waals surface area contributed by atoms with E-state index in [4.69, 9.17) is 11.6 Å². The van der Waals surface area contributed by atoms with Gasteiger partial charge in [0.2, 0.25) is 5.78 Å². The van der Waals surface area contributed by atoms with E-state index in [1.807, 2.05) is 6.92 Å². The van der Waals surface area contributed by atoms with Gasteiger partial charge < -0.3 is 5.11 Å². The van der Waals surface area contributed by atoms with Crippen LogP contribution in [-0.2, 0) is 4.79 Å². The molecule has 0 saturated heterocycles. The molecular formula is C16H16ClNO4. The molecule has 116 valence electrons. The van der Waals surface area contributed by atoms with Gasteiger partial charge in [0.15, 0.2) is 5.78 Å². The molecule has 1 N–H and O–H groups in total. The summed E-state index contributed by atoms with van der Waals surface area (Å²) in [6.07, 6.45) is 1.79. The quantitative estimate of drug-likeness (QED) is 0.845. The molecule has 1 aromatic rings. The predicted octanol–water partition coefficient (Wildman–Crippen LogP) is 2.76. The van der Waals surface area contributed by atoms with Crippen LogP contribution < -0.4 is 0 Å². The maximum atomic E-state index is 12.4. The molecular weight excluding hydrogens is 306 g/mol. The van der Waals surface area contributed by atoms with Crippen molar-refractivity contribution in [2.24, 2.45) is 4.99 Å². The number of unbranched alkanes of at least 4 members (excludes halogenated alkanes) is 1. The molecule has 1 aliphatic carbocycles. The molecule has 5 nitrogen and oxygen atoms in total. The highest BCUT2D eigenvalue weighted by atomic mass is 35.5. The van der Waals surface area contributed by atoms with Gasteiger partial charge in [0.05, 0.1) is 0 Å². The van der Waals surface area contributed by atoms with Gasteiger partial charge in [0.1, 0.15) is 17.1 Å². The van der Waals surface area contributed by atoms with E-state index in [1.165, 1.54) is 12.1 Å². The first-order chi connectivity index (χ1) is 10.5. The minimum absolute atomic E-state index is 0.172. The zero-order valence-electron chi connectivity index (χ0n) is 12.1. The lowest BCUT2D eigenvalue weighted by molar-refractivity contribution is -0.138. The summed E-state index contributed by atoms with van der Waals surface area (Å²) in [6.45, 7) is 1.93. The number of fused-ring (bicyclic) bond motifs is 1. The summed E-state index contributed by atoms with van der Waals surface area (Å²) in [6, 6.07) is 5.29. The Hall–Kier alpha value is -2.01. The molecule has 2 rings (SSSR count). The molecule has 0 radical (unpaired) electrons. The molecule has 22 heavy (non-hydrogen) atoms. The largest absolute Gasteiger partial charge is 0.480 e. The Morgan fingerprint density at radius 2 is 1.95 bits per heavy atom. The van der Waals surface area contributed by atoms with Gasteiger partial charge in [-0.05, 0) is 6.42 Å². The van der Waals surface area contributed by atoms with Crippen LogP contribution >= 0.6 is 11.6 Å². The van der Waals surface area contributed by atoms with Crippen LogP contribution in [0.15, 0.2) is 29.3 Å². The fourth-order valence-electron chi connectivity index (χ4n) is 2.34. The molecule has 6 heteroatoms. The minimum atomic E-state index is -1.23. The number of aliphatic carboxylic acids is 1. The van der Waals surface area contributed by atoms with E-state index < -0.39 is 29.0 Å². The van der Waals surface area contributed by atoms with Crippen molar-refractivity contribution in [2.45, 2.75) is 37.6 Å². The van der Waals surface area contributed by atoms with Crippen molar-refractivity contribution in [1.82, 2.24) is 0 Å². The number of rotatable bonds is 5. The molecule has 1 unspecified atom stereocenters. The van der Waals surface area contributed by atoms with Crippen LogP contribution in [0.4, 0.5) is 0 Å². The maximum Gasteiger partial charge on any atom is 0.328 e. The van der Waals surface area contributed by atoms with Crippen LogP contribution in [0, 0.1) is 0 Å². The fourth-order valence-corrected chi connectivity index (χ4v) is 2.62. The number of carbonyl (C=O) groups is 3. The zero-order valence-corrected chi connectivity index (χ0v) is 12.8. The highest BCUT2D eigenvalue weighted by Gasteiger charge is 2.37. The van der Waals surface area contributed by atoms with Crippen LogP contribution in [0.1, 0.15) is 46.9 Å². The summed E-state index contributed by atoms with van der Waals surface area (Å²) < 4.78 is 0. The summed E-state index contributed by atoms with van der Waals surface area (Å²) in [7, 11) is 0. The molecule has 0 spiro atoms. The van der Waals surface area contributed by atoms with E-state index >= 15 is 0 Å². The zero-order chi connectivity index (χ0) is 16.3. The molecule has 0 aromatic heterocycles. The number of carboxylic acid groups (broad SMARTS) is 1. The first-order valence-corrected chi connectivity index (χ1v) is 7.53. The molecule has 0 fully saturated rings. The summed E-state index contributed by atoms with van der Waals surface area (Å²) >= 11 is 6.04. The van der Waals surface area contributed by atoms with E-state index in [2.05, 4.69) is 4.99 Å². The molecule has 0 amide bonds. The van der Waals surface area contributed by atoms with Crippen molar-refractivity contribution in [1.29, 1.82) is 0 Å². The molecule has 0 aliphatic heterocycles. The average Bonchev–Trinajstić information content (AvgIpc) is 2.52. The Labute approximate surface area is 133 Å². The van der Waals surface area contributed by atoms with E-state index in [1.54, 1.807) is 12.1 Å². The molecule has 0 bridgehead atoms. The number of carbonyl (C=O) groups excluding carboxylic acids is 2. The number of hydrogen-bond acceptors (Lipinski definition) is 4. The van der Waals surface area contributed by atoms with Crippen molar-refractivity contribution < 1.29 is 19.5 Å². The standard InChI is InChI=1S/C16H16ClNO4/c1-2-3-8-11(16(21)22)18-13-12(17)14(19)9-6-4-5-7-10(9)15(13)20/h4-7,11-12H,2-3,8H2,1H3,(H,21,22)/t11-,12?/m0/s1. The van der Waals surface area contributed by atoms with Crippen molar-refractivity contribution in [2.75, 3.05) is 0 Å². The maximum absolute atomic E-state index is 12.4. The number of benzene rings is 1. The topological polar surface area (TPSA) is 83.8 Å². The lowest BCUT2D eigenvalue weighted by Crippen LogP contribution is -2.39. The molecule has 0 saturated carbocycles. The van der Waals surface area contributed by atoms with Gasteiger partial charge in [0, 0.05) is 11.1 Å². The third-order valence-electron chi connectivity index (χ3n) is 3.55. The van der Waals surface area contributed by atoms with E-state index in [0.29, 0.717) is 12.8 Å². The normalized spacial score (nSPS) is 20.8. The van der Waals surface area contributed by atoms with Gasteiger partial charge in [-0.25, -0.2) is 4.79 Å². The Bertz CT molecular complexity index is 653. The molecule has 0 heterocycles. The lowest BCUT2D eigenvalue weighted by atomic mass is 9.87. The number of carboxylic acids is 1. The molecule has 1 aliphatic rings. The Kier molecular flexibility index (Phi) is 5.08. The summed E-state index contributed by atoms with van der Waals surface area (Å²) in [5, 5.41) is 7.99. The second kappa shape index (κ2) is 6.83. The first kappa shape index (κ1) is 16.4. The van der Waals surface area contributed by atoms with Gasteiger partial charge >= 0.3 is 5.97 Å². The fraction of sp³-hybridized carbons (Fsp3) is 0.375. The SMILES string of the molecule is CCCC[C@H](N=C1C(=O)c2ccccc2C(=O)C1Cl)C(=O)O. The summed E-state index contributed by atoms with van der Waals surface area (Å²) in [4.78, 5) is 39.9. The van der Waals surface area contributed by atoms with Crippen LogP contribution in [0.5, 0.6) is 0 Å². The van der Waals surface area contributed by atoms with Gasteiger partial charge in [-0.1, -0.05) is 44.0 Å². The highest BCUT2D eigenvalue weighted by molar-refractivity contribution is 6.64. The Balaban J connectivity index is 2.42. The summed E-state index contributed by atoms with van der Waals surface area (Å²) in [5.41, 5.74) is 0.309. The number of alkyl halides is 1. The van der Waals surface area contributed by atoms with E-state index in [0.717, 1.165) is 6.42 Å². The van der Waals surface area contributed by atoms with E-state index in [9.17, 15) is 19.5 Å². The minimum Gasteiger partial charge on any atom is -0.480 e. The van der Waals surface area contributed by atoms with Crippen molar-refractivity contribution >= 4 is 34.8 Å². The highest BCUT2D eigenvalue weighted by Crippen LogP contribution is 2.24. The number of nitrogens with zero attached hydrogens (tertiary/aromatic N) is 1. The third kappa shape index (κ3) is 3.09. The molecule has 1 aromatic carbocycles. The van der Waals surface area contributed by atoms with Crippen LogP contribution in [0.3, 0.4) is 0 Å². The molecule has 2 atom stereocenters. The van der Waals surface area contributed by atoms with Crippen molar-refractivity contribution in [3.63, 3.8) is 0 Å². The van der Waals surface area contributed by atoms with Crippen LogP contribution in [0.2, 0.25) is 0 Å². The van der Waals surface area contributed by atoms with Crippen LogP contribution in [0.25, 0.3) is 0 Å². The van der Waals surface area contributed by atoms with E-state index in [-0.39, 0.29) is 16.8 Å². The lowest BCUT2D eigenvalue weighted by Gasteiger charge is -2.21. The second-order valence-electron chi connectivity index (χ2n) is 5.11. The number of Topliss-reactive ketones (excluding diaryl/α,β-unsaturated/α-hetero) is 2. The van der Waals surface area contributed by atoms with Crippen molar-refractivity contribution in [3.8, 4) is 0 Å². The smallest absolute Gasteiger partial charge is 0.328 e. The number of hydrogen-bond donors (Lipinski definition) is 1. The van der Waals surface area contributed by atoms with Gasteiger partial charge in [-0.15, -0.1) is 11.6 Å². The second-order valence-corrected chi connectivity index (χ2v) is 5.55. The number of halogens is 1. The Morgan fingerprint density at radius 3 is 2.55 bits per heavy atom. The van der Waals surface area contributed by atoms with Gasteiger partial charge in [-0.3, -0.25) is 14.6 Å². The number of ketones is 2. The summed E-state index contributed by atoms with van der Waals surface area (Å²) in [5.74, 6) is -2.02. The number of aliphatic imine (C=N–C) groups is 1. The monoisotopic (exact) mass is 321 g/mol. The predicted molar refractivity (Wildman–Crippen MR) is 83.1 cm³/mol. The Morgan fingerprint density at radius 1 is 1.32 bits per heavy atom. The van der Waals surface area contributed by atoms with Gasteiger partial charge in [0.25, 0.3) is 0 Å². The van der Waals surface area contributed by atoms with Crippen molar-refractivity contribution in [3.05, 3.63) is 35.4 Å². The third-order valence-corrected chi connectivity index (χ3v) is 3.96. The first-order valence-electron chi connectivity index (χ1n) is 7.09. The van der Waals surface area contributed by atoms with Gasteiger partial charge in [-0.2, -0.15) is 0 Å². The average molecular weight is 322 g/mol. The van der Waals surface area contributed by atoms with Crippen LogP contribution in [-0.4, -0.2) is 39.8 Å².